The molecule has 0 radical (unpaired) electrons. The van der Waals surface area contributed by atoms with Crippen molar-refractivity contribution >= 4 is 17.7 Å². The number of hydrogen-bond donors (Lipinski definition) is 0. The van der Waals surface area contributed by atoms with Crippen molar-refractivity contribution in [3.8, 4) is 11.4 Å². The van der Waals surface area contributed by atoms with Crippen molar-refractivity contribution in [2.75, 3.05) is 12.8 Å². The van der Waals surface area contributed by atoms with Crippen molar-refractivity contribution in [1.82, 2.24) is 19.7 Å². The maximum atomic E-state index is 13.5. The number of carbonyl (C=O) groups is 1. The van der Waals surface area contributed by atoms with E-state index in [1.165, 1.54) is 22.7 Å². The van der Waals surface area contributed by atoms with Gasteiger partial charge in [0.1, 0.15) is 0 Å². The summed E-state index contributed by atoms with van der Waals surface area (Å²) in [6, 6.07) is 11.2. The van der Waals surface area contributed by atoms with E-state index in [-0.39, 0.29) is 11.7 Å². The van der Waals surface area contributed by atoms with E-state index in [4.69, 9.17) is 0 Å². The second-order valence-electron chi connectivity index (χ2n) is 7.22. The molecule has 1 amide bonds. The third-order valence-electron chi connectivity index (χ3n) is 5.03. The van der Waals surface area contributed by atoms with Crippen molar-refractivity contribution in [1.29, 1.82) is 0 Å². The first-order valence-electron chi connectivity index (χ1n) is 9.76. The number of allylic oxidation sites excluding steroid dienone is 1. The van der Waals surface area contributed by atoms with Gasteiger partial charge in [-0.1, -0.05) is 47.7 Å². The highest BCUT2D eigenvalue weighted by molar-refractivity contribution is 7.99. The van der Waals surface area contributed by atoms with E-state index in [0.717, 1.165) is 23.3 Å². The smallest absolute Gasteiger partial charge is 0.233 e. The molecule has 162 valence electrons. The Kier molecular flexibility index (Phi) is 7.22. The highest BCUT2D eigenvalue weighted by Gasteiger charge is 2.21. The lowest BCUT2D eigenvalue weighted by Gasteiger charge is -2.25. The first-order chi connectivity index (χ1) is 14.8. The van der Waals surface area contributed by atoms with Crippen LogP contribution >= 0.6 is 11.8 Å². The summed E-state index contributed by atoms with van der Waals surface area (Å²) in [6.07, 6.45) is 1.76. The number of halogens is 2. The van der Waals surface area contributed by atoms with Crippen LogP contribution in [0.4, 0.5) is 8.78 Å². The minimum absolute atomic E-state index is 0.133. The van der Waals surface area contributed by atoms with Crippen LogP contribution in [-0.2, 0) is 11.3 Å². The zero-order chi connectivity index (χ0) is 22.5. The molecule has 0 aliphatic carbocycles. The lowest BCUT2D eigenvalue weighted by Crippen LogP contribution is -2.31. The number of nitrogens with zero attached hydrogens (tertiary/aromatic N) is 4. The predicted molar refractivity (Wildman–Crippen MR) is 119 cm³/mol. The summed E-state index contributed by atoms with van der Waals surface area (Å²) in [5.74, 6) is -1.16. The van der Waals surface area contributed by atoms with Crippen LogP contribution in [-0.4, -0.2) is 38.4 Å². The number of amides is 1. The predicted octanol–water partition coefficient (Wildman–Crippen LogP) is 5.03. The number of rotatable bonds is 8. The molecule has 1 unspecified atom stereocenters. The molecule has 8 heteroatoms. The molecule has 3 rings (SSSR count). The number of aryl methyl sites for hydroxylation is 1. The Hall–Kier alpha value is -3.00. The van der Waals surface area contributed by atoms with E-state index in [0.29, 0.717) is 23.1 Å². The van der Waals surface area contributed by atoms with Crippen LogP contribution < -0.4 is 0 Å². The van der Waals surface area contributed by atoms with E-state index >= 15 is 0 Å². The lowest BCUT2D eigenvalue weighted by molar-refractivity contribution is -0.128. The summed E-state index contributed by atoms with van der Waals surface area (Å²) < 4.78 is 28.7. The Morgan fingerprint density at radius 1 is 1.23 bits per heavy atom. The topological polar surface area (TPSA) is 51.0 Å². The van der Waals surface area contributed by atoms with Gasteiger partial charge in [0, 0.05) is 19.2 Å². The molecule has 0 fully saturated rings. The van der Waals surface area contributed by atoms with Crippen LogP contribution in [0.15, 0.2) is 60.3 Å². The van der Waals surface area contributed by atoms with Gasteiger partial charge in [-0.15, -0.1) is 16.8 Å². The summed E-state index contributed by atoms with van der Waals surface area (Å²) >= 11 is 1.28. The van der Waals surface area contributed by atoms with Crippen LogP contribution in [0.1, 0.15) is 24.1 Å². The average Bonchev–Trinajstić information content (AvgIpc) is 3.15. The zero-order valence-corrected chi connectivity index (χ0v) is 18.5. The monoisotopic (exact) mass is 442 g/mol. The number of aromatic nitrogens is 3. The molecule has 0 aliphatic rings. The first-order valence-corrected chi connectivity index (χ1v) is 10.7. The van der Waals surface area contributed by atoms with Gasteiger partial charge in [0.2, 0.25) is 5.91 Å². The zero-order valence-electron chi connectivity index (χ0n) is 17.7. The minimum Gasteiger partial charge on any atom is -0.338 e. The van der Waals surface area contributed by atoms with Gasteiger partial charge in [-0.25, -0.2) is 8.78 Å². The van der Waals surface area contributed by atoms with Crippen molar-refractivity contribution in [3.63, 3.8) is 0 Å². The maximum absolute atomic E-state index is 13.5. The fraction of sp³-hybridized carbons (Fsp3) is 0.261. The summed E-state index contributed by atoms with van der Waals surface area (Å²) in [4.78, 5) is 14.2. The molecule has 1 atom stereocenters. The Balaban J connectivity index is 1.73. The highest BCUT2D eigenvalue weighted by atomic mass is 32.2. The van der Waals surface area contributed by atoms with Crippen molar-refractivity contribution in [2.45, 2.75) is 31.6 Å². The molecule has 0 saturated heterocycles. The van der Waals surface area contributed by atoms with Crippen LogP contribution in [0.5, 0.6) is 0 Å². The van der Waals surface area contributed by atoms with Crippen LogP contribution in [0.3, 0.4) is 0 Å². The molecular formula is C23H24F2N4OS. The van der Waals surface area contributed by atoms with Crippen molar-refractivity contribution in [3.05, 3.63) is 77.9 Å². The summed E-state index contributed by atoms with van der Waals surface area (Å²) in [5, 5.41) is 9.18. The fourth-order valence-corrected chi connectivity index (χ4v) is 4.00. The van der Waals surface area contributed by atoms with Crippen LogP contribution in [0, 0.1) is 18.6 Å². The molecular weight excluding hydrogens is 418 g/mol. The van der Waals surface area contributed by atoms with E-state index in [1.54, 1.807) is 20.0 Å². The van der Waals surface area contributed by atoms with Gasteiger partial charge in [-0.2, -0.15) is 0 Å². The summed E-state index contributed by atoms with van der Waals surface area (Å²) in [7, 11) is 1.64. The molecule has 0 N–H and O–H groups in total. The Morgan fingerprint density at radius 2 is 2.00 bits per heavy atom. The summed E-state index contributed by atoms with van der Waals surface area (Å²) in [5.41, 5.74) is 2.58. The molecule has 3 aromatic rings. The molecule has 0 saturated carbocycles. The van der Waals surface area contributed by atoms with E-state index in [9.17, 15) is 13.6 Å². The van der Waals surface area contributed by atoms with Crippen LogP contribution in [0.2, 0.25) is 0 Å². The fourth-order valence-electron chi connectivity index (χ4n) is 3.13. The first kappa shape index (κ1) is 22.7. The lowest BCUT2D eigenvalue weighted by atomic mass is 10.1. The normalized spacial score (nSPS) is 11.9. The van der Waals surface area contributed by atoms with Gasteiger partial charge in [0.25, 0.3) is 0 Å². The Bertz CT molecular complexity index is 1100. The number of carbonyl (C=O) groups excluding carboxylic acids is 1. The van der Waals surface area contributed by atoms with Gasteiger partial charge >= 0.3 is 0 Å². The Labute approximate surface area is 184 Å². The van der Waals surface area contributed by atoms with Gasteiger partial charge in [0.15, 0.2) is 22.6 Å². The Morgan fingerprint density at radius 3 is 2.68 bits per heavy atom. The third-order valence-corrected chi connectivity index (χ3v) is 5.98. The third kappa shape index (κ3) is 5.19. The largest absolute Gasteiger partial charge is 0.338 e. The summed E-state index contributed by atoms with van der Waals surface area (Å²) in [6.45, 7) is 8.09. The standard InChI is InChI=1S/C23H24F2N4OS/c1-5-11-29-22(18-8-6-7-15(2)12-18)26-27-23(29)31-14-21(30)28(4)16(3)17-9-10-19(24)20(25)13-17/h5-10,12-13,16H,1,11,14H2,2-4H3. The SMILES string of the molecule is C=CCn1c(SCC(=O)N(C)C(C)c2ccc(F)c(F)c2)nnc1-c1cccc(C)c1. The second kappa shape index (κ2) is 9.87. The van der Waals surface area contributed by atoms with Crippen molar-refractivity contribution in [2.24, 2.45) is 0 Å². The molecule has 31 heavy (non-hydrogen) atoms. The molecule has 0 spiro atoms. The van der Waals surface area contributed by atoms with Crippen LogP contribution in [0.25, 0.3) is 11.4 Å². The van der Waals surface area contributed by atoms with Gasteiger partial charge in [0.05, 0.1) is 11.8 Å². The molecule has 0 aliphatic heterocycles. The minimum atomic E-state index is -0.930. The van der Waals surface area contributed by atoms with E-state index < -0.39 is 17.7 Å². The quantitative estimate of drug-likeness (QED) is 0.363. The number of thioether (sulfide) groups is 1. The van der Waals surface area contributed by atoms with E-state index in [1.807, 2.05) is 35.8 Å². The molecule has 0 bridgehead atoms. The molecule has 1 heterocycles. The van der Waals surface area contributed by atoms with Gasteiger partial charge in [-0.05, 0) is 37.6 Å². The second-order valence-corrected chi connectivity index (χ2v) is 8.16. The number of hydrogen-bond acceptors (Lipinski definition) is 4. The number of benzene rings is 2. The maximum Gasteiger partial charge on any atom is 0.233 e. The van der Waals surface area contributed by atoms with E-state index in [2.05, 4.69) is 16.8 Å². The van der Waals surface area contributed by atoms with Gasteiger partial charge < -0.3 is 4.90 Å². The highest BCUT2D eigenvalue weighted by Crippen LogP contribution is 2.26. The van der Waals surface area contributed by atoms with Crippen molar-refractivity contribution < 1.29 is 13.6 Å². The molecule has 5 nitrogen and oxygen atoms in total. The molecule has 1 aromatic heterocycles. The average molecular weight is 443 g/mol. The molecule has 2 aromatic carbocycles. The van der Waals surface area contributed by atoms with Gasteiger partial charge in [-0.3, -0.25) is 9.36 Å².